The molecule has 0 amide bonds. The minimum atomic E-state index is -0.136. The fourth-order valence-corrected chi connectivity index (χ4v) is 4.19. The first kappa shape index (κ1) is 19.1. The monoisotopic (exact) mass is 404 g/mol. The quantitative estimate of drug-likeness (QED) is 0.278. The molecule has 6 nitrogen and oxygen atoms in total. The normalized spacial score (nSPS) is 11.2. The molecule has 7 heteroatoms. The van der Waals surface area contributed by atoms with Crippen LogP contribution in [0.15, 0.2) is 65.1 Å². The van der Waals surface area contributed by atoms with Crippen molar-refractivity contribution in [3.8, 4) is 0 Å². The molecule has 146 valence electrons. The Balaban J connectivity index is 1.77. The van der Waals surface area contributed by atoms with E-state index in [1.54, 1.807) is 16.7 Å². The molecule has 0 radical (unpaired) electrons. The third kappa shape index (κ3) is 3.38. The van der Waals surface area contributed by atoms with Crippen LogP contribution >= 0.6 is 11.8 Å². The molecule has 0 atom stereocenters. The summed E-state index contributed by atoms with van der Waals surface area (Å²) in [5.74, 6) is 0.715. The first-order valence-electron chi connectivity index (χ1n) is 9.22. The number of fused-ring (bicyclic) bond motifs is 3. The average molecular weight is 404 g/mol. The van der Waals surface area contributed by atoms with Gasteiger partial charge in [-0.25, -0.2) is 0 Å². The van der Waals surface area contributed by atoms with Crippen molar-refractivity contribution in [1.82, 2.24) is 19.2 Å². The number of Topliss-reactive ketones (excluding diaryl/α,β-unsaturated/α-hetero) is 1. The summed E-state index contributed by atoms with van der Waals surface area (Å²) in [6.45, 7) is 7.97. The van der Waals surface area contributed by atoms with Crippen LogP contribution in [0.25, 0.3) is 16.7 Å². The van der Waals surface area contributed by atoms with Crippen LogP contribution in [0.1, 0.15) is 21.5 Å². The highest BCUT2D eigenvalue weighted by molar-refractivity contribution is 7.99. The molecule has 0 aliphatic heterocycles. The Morgan fingerprint density at radius 2 is 1.97 bits per heavy atom. The average Bonchev–Trinajstić information content (AvgIpc) is 3.15. The van der Waals surface area contributed by atoms with E-state index in [0.717, 1.165) is 22.2 Å². The van der Waals surface area contributed by atoms with Gasteiger partial charge in [0, 0.05) is 12.1 Å². The van der Waals surface area contributed by atoms with Gasteiger partial charge in [0.2, 0.25) is 5.78 Å². The Morgan fingerprint density at radius 3 is 2.76 bits per heavy atom. The Hall–Kier alpha value is -3.19. The van der Waals surface area contributed by atoms with Gasteiger partial charge in [-0.3, -0.25) is 18.6 Å². The molecule has 0 fully saturated rings. The van der Waals surface area contributed by atoms with Crippen LogP contribution in [-0.4, -0.2) is 30.7 Å². The molecule has 4 aromatic rings. The molecule has 0 aliphatic carbocycles. The number of para-hydroxylation sites is 1. The minimum absolute atomic E-state index is 0.0386. The Labute approximate surface area is 171 Å². The van der Waals surface area contributed by atoms with Crippen molar-refractivity contribution in [2.75, 3.05) is 5.75 Å². The summed E-state index contributed by atoms with van der Waals surface area (Å²) in [7, 11) is 0. The van der Waals surface area contributed by atoms with Gasteiger partial charge >= 0.3 is 0 Å². The van der Waals surface area contributed by atoms with Crippen molar-refractivity contribution >= 4 is 34.2 Å². The molecule has 4 rings (SSSR count). The summed E-state index contributed by atoms with van der Waals surface area (Å²) in [5.41, 5.74) is 3.32. The first-order chi connectivity index (χ1) is 14.0. The number of aromatic nitrogens is 4. The van der Waals surface area contributed by atoms with Gasteiger partial charge in [0.25, 0.3) is 5.56 Å². The number of benzene rings is 2. The lowest BCUT2D eigenvalue weighted by molar-refractivity contribution is 0.102. The van der Waals surface area contributed by atoms with Gasteiger partial charge in [0.05, 0.1) is 16.7 Å². The van der Waals surface area contributed by atoms with E-state index in [1.165, 1.54) is 11.8 Å². The van der Waals surface area contributed by atoms with E-state index in [1.807, 2.05) is 54.6 Å². The van der Waals surface area contributed by atoms with Crippen molar-refractivity contribution in [2.45, 2.75) is 25.5 Å². The maximum atomic E-state index is 12.8. The summed E-state index contributed by atoms with van der Waals surface area (Å²) < 4.78 is 3.38. The molecule has 0 saturated carbocycles. The third-order valence-electron chi connectivity index (χ3n) is 4.82. The Bertz CT molecular complexity index is 1320. The van der Waals surface area contributed by atoms with E-state index in [0.29, 0.717) is 22.9 Å². The zero-order chi connectivity index (χ0) is 20.5. The molecule has 0 N–H and O–H groups in total. The van der Waals surface area contributed by atoms with E-state index in [9.17, 15) is 9.59 Å². The van der Waals surface area contributed by atoms with E-state index in [2.05, 4.69) is 16.8 Å². The van der Waals surface area contributed by atoms with Crippen LogP contribution in [0.5, 0.6) is 0 Å². The highest BCUT2D eigenvalue weighted by atomic mass is 32.2. The molecule has 0 spiro atoms. The lowest BCUT2D eigenvalue weighted by Crippen LogP contribution is -2.22. The van der Waals surface area contributed by atoms with Crippen molar-refractivity contribution in [2.24, 2.45) is 0 Å². The SMILES string of the molecule is C=CCn1c(=O)c2ccccc2n2c(SCC(=O)c3cc(C)ccc3C)nnc12. The van der Waals surface area contributed by atoms with Gasteiger partial charge in [-0.15, -0.1) is 16.8 Å². The van der Waals surface area contributed by atoms with Crippen LogP contribution in [-0.2, 0) is 6.54 Å². The number of ketones is 1. The number of carbonyl (C=O) groups excluding carboxylic acids is 1. The standard InChI is InChI=1S/C22H20N4O2S/c1-4-11-25-20(28)16-7-5-6-8-18(16)26-21(25)23-24-22(26)29-13-19(27)17-12-14(2)9-10-15(17)3/h4-10,12H,1,11,13H2,2-3H3. The van der Waals surface area contributed by atoms with Gasteiger partial charge in [0.15, 0.2) is 10.9 Å². The maximum Gasteiger partial charge on any atom is 0.263 e. The van der Waals surface area contributed by atoms with Crippen LogP contribution in [0.4, 0.5) is 0 Å². The molecular formula is C22H20N4O2S. The van der Waals surface area contributed by atoms with E-state index < -0.39 is 0 Å². The van der Waals surface area contributed by atoms with E-state index in [-0.39, 0.29) is 17.1 Å². The fraction of sp³-hybridized carbons (Fsp3) is 0.182. The summed E-state index contributed by atoms with van der Waals surface area (Å²) >= 11 is 1.32. The van der Waals surface area contributed by atoms with E-state index in [4.69, 9.17) is 0 Å². The van der Waals surface area contributed by atoms with Crippen LogP contribution in [0, 0.1) is 13.8 Å². The minimum Gasteiger partial charge on any atom is -0.293 e. The van der Waals surface area contributed by atoms with Gasteiger partial charge in [-0.05, 0) is 37.6 Å². The highest BCUT2D eigenvalue weighted by Gasteiger charge is 2.18. The predicted octanol–water partition coefficient (Wildman–Crippen LogP) is 3.82. The lowest BCUT2D eigenvalue weighted by Gasteiger charge is -2.10. The smallest absolute Gasteiger partial charge is 0.263 e. The largest absolute Gasteiger partial charge is 0.293 e. The number of hydrogen-bond donors (Lipinski definition) is 0. The summed E-state index contributed by atoms with van der Waals surface area (Å²) in [4.78, 5) is 25.6. The van der Waals surface area contributed by atoms with Gasteiger partial charge < -0.3 is 0 Å². The number of hydrogen-bond acceptors (Lipinski definition) is 5. The number of thioether (sulfide) groups is 1. The zero-order valence-electron chi connectivity index (χ0n) is 16.3. The predicted molar refractivity (Wildman–Crippen MR) is 116 cm³/mol. The maximum absolute atomic E-state index is 12.8. The zero-order valence-corrected chi connectivity index (χ0v) is 17.1. The summed E-state index contributed by atoms with van der Waals surface area (Å²) in [6.07, 6.45) is 1.65. The van der Waals surface area contributed by atoms with Crippen molar-refractivity contribution in [3.63, 3.8) is 0 Å². The molecular weight excluding hydrogens is 384 g/mol. The Morgan fingerprint density at radius 1 is 1.17 bits per heavy atom. The number of rotatable bonds is 6. The number of nitrogens with zero attached hydrogens (tertiary/aromatic N) is 4. The topological polar surface area (TPSA) is 69.3 Å². The molecule has 2 aromatic heterocycles. The van der Waals surface area contributed by atoms with Crippen LogP contribution in [0.2, 0.25) is 0 Å². The number of allylic oxidation sites excluding steroid dienone is 1. The Kier molecular flexibility index (Phi) is 5.07. The number of carbonyl (C=O) groups is 1. The molecule has 0 aliphatic rings. The van der Waals surface area contributed by atoms with Crippen LogP contribution in [0.3, 0.4) is 0 Å². The second-order valence-corrected chi connectivity index (χ2v) is 7.81. The van der Waals surface area contributed by atoms with Crippen LogP contribution < -0.4 is 5.56 Å². The first-order valence-corrected chi connectivity index (χ1v) is 10.2. The van der Waals surface area contributed by atoms with Crippen molar-refractivity contribution in [1.29, 1.82) is 0 Å². The molecule has 2 aromatic carbocycles. The van der Waals surface area contributed by atoms with Gasteiger partial charge in [-0.1, -0.05) is 47.7 Å². The molecule has 0 bridgehead atoms. The lowest BCUT2D eigenvalue weighted by atomic mass is 10.0. The number of aryl methyl sites for hydroxylation is 2. The summed E-state index contributed by atoms with van der Waals surface area (Å²) in [6, 6.07) is 13.2. The van der Waals surface area contributed by atoms with Gasteiger partial charge in [-0.2, -0.15) is 0 Å². The van der Waals surface area contributed by atoms with E-state index >= 15 is 0 Å². The molecule has 2 heterocycles. The highest BCUT2D eigenvalue weighted by Crippen LogP contribution is 2.23. The molecule has 29 heavy (non-hydrogen) atoms. The van der Waals surface area contributed by atoms with Crippen molar-refractivity contribution in [3.05, 3.63) is 82.2 Å². The second-order valence-electron chi connectivity index (χ2n) is 6.87. The molecule has 0 saturated heterocycles. The van der Waals surface area contributed by atoms with Gasteiger partial charge in [0.1, 0.15) is 0 Å². The van der Waals surface area contributed by atoms with Crippen molar-refractivity contribution < 1.29 is 4.79 Å². The molecule has 0 unspecified atom stereocenters. The summed E-state index contributed by atoms with van der Waals surface area (Å²) in [5, 5.41) is 9.64. The fourth-order valence-electron chi connectivity index (χ4n) is 3.36. The third-order valence-corrected chi connectivity index (χ3v) is 5.74. The second kappa shape index (κ2) is 7.67.